The van der Waals surface area contributed by atoms with Gasteiger partial charge in [0.15, 0.2) is 0 Å². The van der Waals surface area contributed by atoms with Gasteiger partial charge in [-0.25, -0.2) is 0 Å². The van der Waals surface area contributed by atoms with E-state index in [0.29, 0.717) is 0 Å². The molecular formula is C25H25ClN2. The van der Waals surface area contributed by atoms with Crippen molar-refractivity contribution in [3.05, 3.63) is 106 Å². The summed E-state index contributed by atoms with van der Waals surface area (Å²) in [6, 6.07) is 27.4. The summed E-state index contributed by atoms with van der Waals surface area (Å²) in [5, 5.41) is 0.778. The first-order chi connectivity index (χ1) is 13.6. The maximum absolute atomic E-state index is 6.03. The first-order valence-corrected chi connectivity index (χ1v) is 10.1. The van der Waals surface area contributed by atoms with E-state index in [1.165, 1.54) is 22.3 Å². The lowest BCUT2D eigenvalue weighted by molar-refractivity contribution is 0.489. The second-order valence-corrected chi connectivity index (χ2v) is 8.04. The van der Waals surface area contributed by atoms with E-state index in [9.17, 15) is 0 Å². The molecule has 1 heterocycles. The Hall–Kier alpha value is -2.58. The third-order valence-corrected chi connectivity index (χ3v) is 5.88. The fourth-order valence-electron chi connectivity index (χ4n) is 4.02. The van der Waals surface area contributed by atoms with Crippen LogP contribution in [0.1, 0.15) is 35.6 Å². The molecule has 3 aromatic rings. The number of rotatable bonds is 4. The number of aryl methyl sites for hydroxylation is 1. The largest absolute Gasteiger partial charge is 0.359 e. The average molecular weight is 389 g/mol. The van der Waals surface area contributed by atoms with Gasteiger partial charge in [0.1, 0.15) is 11.4 Å². The Morgan fingerprint density at radius 2 is 1.57 bits per heavy atom. The molecule has 0 spiro atoms. The van der Waals surface area contributed by atoms with Gasteiger partial charge in [-0.2, -0.15) is 0 Å². The Balaban J connectivity index is 1.73. The predicted molar refractivity (Wildman–Crippen MR) is 118 cm³/mol. The molecule has 1 aliphatic heterocycles. The van der Waals surface area contributed by atoms with Gasteiger partial charge in [-0.15, -0.1) is 0 Å². The van der Waals surface area contributed by atoms with Crippen LogP contribution in [-0.4, -0.2) is 17.8 Å². The first kappa shape index (κ1) is 18.8. The molecule has 3 heteroatoms. The normalized spacial score (nSPS) is 19.0. The van der Waals surface area contributed by atoms with Gasteiger partial charge in [-0.05, 0) is 47.7 Å². The number of nitrogens with zero attached hydrogens (tertiary/aromatic N) is 2. The number of halogens is 1. The van der Waals surface area contributed by atoms with Gasteiger partial charge in [-0.1, -0.05) is 78.3 Å². The van der Waals surface area contributed by atoms with E-state index >= 15 is 0 Å². The van der Waals surface area contributed by atoms with Crippen LogP contribution >= 0.6 is 11.6 Å². The molecular weight excluding hydrogens is 364 g/mol. The molecule has 0 saturated heterocycles. The molecule has 142 valence electrons. The topological polar surface area (TPSA) is 15.6 Å². The van der Waals surface area contributed by atoms with E-state index in [0.717, 1.165) is 30.2 Å². The Kier molecular flexibility index (Phi) is 5.23. The van der Waals surface area contributed by atoms with E-state index in [1.54, 1.807) is 0 Å². The SMILES string of the molecule is CN1Cc2ccccc2C(C)(c2ccccc2)N=C1CCc1ccc(Cl)cc1. The molecule has 0 aliphatic carbocycles. The van der Waals surface area contributed by atoms with Crippen molar-refractivity contribution in [1.29, 1.82) is 0 Å². The van der Waals surface area contributed by atoms with Gasteiger partial charge in [-0.3, -0.25) is 4.99 Å². The molecule has 1 unspecified atom stereocenters. The van der Waals surface area contributed by atoms with Crippen LogP contribution in [-0.2, 0) is 18.5 Å². The molecule has 1 aliphatic rings. The molecule has 0 amide bonds. The molecule has 0 fully saturated rings. The van der Waals surface area contributed by atoms with Crippen LogP contribution < -0.4 is 0 Å². The van der Waals surface area contributed by atoms with E-state index in [4.69, 9.17) is 16.6 Å². The molecule has 0 saturated carbocycles. The second kappa shape index (κ2) is 7.81. The molecule has 4 rings (SSSR count). The first-order valence-electron chi connectivity index (χ1n) is 9.74. The summed E-state index contributed by atoms with van der Waals surface area (Å²) in [6.45, 7) is 3.11. The number of fused-ring (bicyclic) bond motifs is 1. The number of aliphatic imine (C=N–C) groups is 1. The Bertz CT molecular complexity index is 979. The minimum Gasteiger partial charge on any atom is -0.359 e. The lowest BCUT2D eigenvalue weighted by atomic mass is 9.83. The molecule has 1 atom stereocenters. The van der Waals surface area contributed by atoms with Gasteiger partial charge in [0.25, 0.3) is 0 Å². The fraction of sp³-hybridized carbons (Fsp3) is 0.240. The van der Waals surface area contributed by atoms with Gasteiger partial charge in [0.2, 0.25) is 0 Å². The quantitative estimate of drug-likeness (QED) is 0.528. The van der Waals surface area contributed by atoms with Crippen molar-refractivity contribution in [1.82, 2.24) is 4.90 Å². The molecule has 28 heavy (non-hydrogen) atoms. The van der Waals surface area contributed by atoms with Crippen LogP contribution in [0.25, 0.3) is 0 Å². The fourth-order valence-corrected chi connectivity index (χ4v) is 4.15. The Morgan fingerprint density at radius 1 is 0.893 bits per heavy atom. The Labute approximate surface area is 172 Å². The highest BCUT2D eigenvalue weighted by Gasteiger charge is 2.33. The summed E-state index contributed by atoms with van der Waals surface area (Å²) in [4.78, 5) is 7.64. The second-order valence-electron chi connectivity index (χ2n) is 7.61. The van der Waals surface area contributed by atoms with Gasteiger partial charge < -0.3 is 4.90 Å². The number of benzene rings is 3. The van der Waals surface area contributed by atoms with Crippen molar-refractivity contribution >= 4 is 17.4 Å². The standard InChI is InChI=1S/C25H25ClN2/c1-25(21-9-4-3-5-10-21)23-11-7-6-8-20(23)18-28(2)24(27-25)17-14-19-12-15-22(26)16-13-19/h3-13,15-16H,14,17-18H2,1-2H3. The van der Waals surface area contributed by atoms with Crippen LogP contribution in [0.2, 0.25) is 5.02 Å². The lowest BCUT2D eigenvalue weighted by Gasteiger charge is -2.28. The summed E-state index contributed by atoms with van der Waals surface area (Å²) in [6.07, 6.45) is 1.84. The minimum atomic E-state index is -0.391. The van der Waals surface area contributed by atoms with Gasteiger partial charge in [0.05, 0.1) is 0 Å². The molecule has 0 radical (unpaired) electrons. The Morgan fingerprint density at radius 3 is 2.32 bits per heavy atom. The van der Waals surface area contributed by atoms with Crippen LogP contribution in [0.4, 0.5) is 0 Å². The van der Waals surface area contributed by atoms with Crippen molar-refractivity contribution in [2.24, 2.45) is 4.99 Å². The van der Waals surface area contributed by atoms with Gasteiger partial charge >= 0.3 is 0 Å². The van der Waals surface area contributed by atoms with E-state index in [1.807, 2.05) is 12.1 Å². The van der Waals surface area contributed by atoms with Crippen molar-refractivity contribution < 1.29 is 0 Å². The van der Waals surface area contributed by atoms with E-state index in [-0.39, 0.29) is 0 Å². The van der Waals surface area contributed by atoms with Crippen molar-refractivity contribution in [3.8, 4) is 0 Å². The highest BCUT2D eigenvalue weighted by Crippen LogP contribution is 2.38. The van der Waals surface area contributed by atoms with Crippen LogP contribution in [0.3, 0.4) is 0 Å². The monoisotopic (exact) mass is 388 g/mol. The zero-order chi connectivity index (χ0) is 19.6. The molecule has 2 nitrogen and oxygen atoms in total. The number of amidine groups is 1. The summed E-state index contributed by atoms with van der Waals surface area (Å²) >= 11 is 6.03. The number of hydrogen-bond acceptors (Lipinski definition) is 2. The molecule has 0 bridgehead atoms. The van der Waals surface area contributed by atoms with Crippen molar-refractivity contribution in [2.75, 3.05) is 7.05 Å². The van der Waals surface area contributed by atoms with Crippen LogP contribution in [0.15, 0.2) is 83.9 Å². The zero-order valence-corrected chi connectivity index (χ0v) is 17.2. The molecule has 0 N–H and O–H groups in total. The van der Waals surface area contributed by atoms with Crippen molar-refractivity contribution in [3.63, 3.8) is 0 Å². The maximum atomic E-state index is 6.03. The predicted octanol–water partition coefficient (Wildman–Crippen LogP) is 6.08. The summed E-state index contributed by atoms with van der Waals surface area (Å²) in [5.41, 5.74) is 4.74. The maximum Gasteiger partial charge on any atom is 0.110 e. The molecule has 0 aromatic heterocycles. The lowest BCUT2D eigenvalue weighted by Crippen LogP contribution is -2.28. The zero-order valence-electron chi connectivity index (χ0n) is 16.4. The van der Waals surface area contributed by atoms with Crippen LogP contribution in [0.5, 0.6) is 0 Å². The summed E-state index contributed by atoms with van der Waals surface area (Å²) < 4.78 is 0. The highest BCUT2D eigenvalue weighted by molar-refractivity contribution is 6.30. The minimum absolute atomic E-state index is 0.391. The number of hydrogen-bond donors (Lipinski definition) is 0. The summed E-state index contributed by atoms with van der Waals surface area (Å²) in [5.74, 6) is 1.14. The van der Waals surface area contributed by atoms with Crippen molar-refractivity contribution in [2.45, 2.75) is 31.8 Å². The smallest absolute Gasteiger partial charge is 0.110 e. The average Bonchev–Trinajstić information content (AvgIpc) is 2.83. The van der Waals surface area contributed by atoms with E-state index in [2.05, 4.69) is 85.6 Å². The third-order valence-electron chi connectivity index (χ3n) is 5.63. The third kappa shape index (κ3) is 3.70. The van der Waals surface area contributed by atoms with Gasteiger partial charge in [0, 0.05) is 25.0 Å². The highest BCUT2D eigenvalue weighted by atomic mass is 35.5. The summed E-state index contributed by atoms with van der Waals surface area (Å²) in [7, 11) is 2.15. The molecule has 3 aromatic carbocycles. The van der Waals surface area contributed by atoms with Crippen LogP contribution in [0, 0.1) is 0 Å². The van der Waals surface area contributed by atoms with E-state index < -0.39 is 5.54 Å².